The number of phenols is 1. The Bertz CT molecular complexity index is 528. The van der Waals surface area contributed by atoms with Crippen molar-refractivity contribution in [3.8, 4) is 5.75 Å². The summed E-state index contributed by atoms with van der Waals surface area (Å²) in [6.07, 6.45) is 0. The maximum absolute atomic E-state index is 11.0. The van der Waals surface area contributed by atoms with Gasteiger partial charge in [-0.1, -0.05) is 0 Å². The van der Waals surface area contributed by atoms with E-state index in [4.69, 9.17) is 16.4 Å². The molecule has 0 spiro atoms. The lowest BCUT2D eigenvalue weighted by molar-refractivity contribution is 0.0997. The van der Waals surface area contributed by atoms with Gasteiger partial charge in [0.05, 0.1) is 14.9 Å². The fourth-order valence-electron chi connectivity index (χ4n) is 0.903. The normalized spacial score (nSPS) is 11.3. The Kier molecular flexibility index (Phi) is 3.27. The summed E-state index contributed by atoms with van der Waals surface area (Å²) in [6.45, 7) is 0. The largest absolute Gasteiger partial charge is 0.506 e. The number of aromatic hydroxyl groups is 1. The van der Waals surface area contributed by atoms with Crippen LogP contribution in [0.1, 0.15) is 10.4 Å². The number of rotatable bonds is 2. The van der Waals surface area contributed by atoms with Crippen LogP contribution in [0.2, 0.25) is 0 Å². The highest BCUT2D eigenvalue weighted by Gasteiger charge is 2.18. The van der Waals surface area contributed by atoms with Crippen LogP contribution in [0.15, 0.2) is 21.5 Å². The lowest BCUT2D eigenvalue weighted by Gasteiger charge is -2.05. The zero-order valence-corrected chi connectivity index (χ0v) is 10.2. The number of nitrogens with two attached hydrogens (primary N) is 1. The van der Waals surface area contributed by atoms with E-state index in [9.17, 15) is 18.3 Å². The molecular formula is C7H5BrClNO4S. The summed E-state index contributed by atoms with van der Waals surface area (Å²) in [5, 5.41) is 9.37. The molecule has 8 heteroatoms. The molecule has 15 heavy (non-hydrogen) atoms. The molecule has 0 heterocycles. The molecule has 0 atom stereocenters. The molecule has 0 unspecified atom stereocenters. The Labute approximate surface area is 98.4 Å². The summed E-state index contributed by atoms with van der Waals surface area (Å²) < 4.78 is 22.0. The SMILES string of the molecule is NC(=O)c1cc(S(=O)(=O)Cl)cc(Br)c1O. The lowest BCUT2D eigenvalue weighted by Crippen LogP contribution is -2.12. The molecule has 0 radical (unpaired) electrons. The number of carbonyl (C=O) groups excluding carboxylic acids is 1. The summed E-state index contributed by atoms with van der Waals surface area (Å²) in [5.41, 5.74) is 4.62. The first-order valence-electron chi connectivity index (χ1n) is 3.50. The zero-order valence-electron chi connectivity index (χ0n) is 7.07. The smallest absolute Gasteiger partial charge is 0.261 e. The Morgan fingerprint density at radius 3 is 2.40 bits per heavy atom. The average molecular weight is 315 g/mol. The van der Waals surface area contributed by atoms with Crippen LogP contribution >= 0.6 is 26.6 Å². The summed E-state index contributed by atoms with van der Waals surface area (Å²) in [5.74, 6) is -1.37. The van der Waals surface area contributed by atoms with Crippen molar-refractivity contribution in [2.24, 2.45) is 5.73 Å². The minimum atomic E-state index is -3.97. The molecule has 0 aliphatic carbocycles. The molecule has 82 valence electrons. The minimum Gasteiger partial charge on any atom is -0.506 e. The number of halogens is 2. The summed E-state index contributed by atoms with van der Waals surface area (Å²) >= 11 is 2.88. The molecule has 0 saturated heterocycles. The zero-order chi connectivity index (χ0) is 11.8. The first-order chi connectivity index (χ1) is 6.73. The van der Waals surface area contributed by atoms with E-state index >= 15 is 0 Å². The predicted octanol–water partition coefficient (Wildman–Crippen LogP) is 1.18. The Balaban J connectivity index is 3.57. The number of hydrogen-bond acceptors (Lipinski definition) is 4. The molecule has 0 aromatic heterocycles. The monoisotopic (exact) mass is 313 g/mol. The quantitative estimate of drug-likeness (QED) is 0.801. The van der Waals surface area contributed by atoms with E-state index in [0.29, 0.717) is 0 Å². The van der Waals surface area contributed by atoms with Gasteiger partial charge in [0.1, 0.15) is 5.75 Å². The van der Waals surface area contributed by atoms with Gasteiger partial charge in [-0.05, 0) is 28.1 Å². The molecule has 0 fully saturated rings. The molecule has 0 bridgehead atoms. The van der Waals surface area contributed by atoms with Crippen LogP contribution in [0.3, 0.4) is 0 Å². The van der Waals surface area contributed by atoms with Gasteiger partial charge in [-0.3, -0.25) is 4.79 Å². The van der Waals surface area contributed by atoms with E-state index in [1.54, 1.807) is 0 Å². The van der Waals surface area contributed by atoms with E-state index in [0.717, 1.165) is 12.1 Å². The summed E-state index contributed by atoms with van der Waals surface area (Å²) in [4.78, 5) is 10.5. The highest BCUT2D eigenvalue weighted by atomic mass is 79.9. The van der Waals surface area contributed by atoms with Crippen molar-refractivity contribution < 1.29 is 18.3 Å². The fourth-order valence-corrected chi connectivity index (χ4v) is 2.30. The number of amides is 1. The van der Waals surface area contributed by atoms with Crippen LogP contribution in [-0.4, -0.2) is 19.4 Å². The van der Waals surface area contributed by atoms with Gasteiger partial charge in [-0.2, -0.15) is 0 Å². The molecule has 1 aromatic rings. The van der Waals surface area contributed by atoms with Crippen molar-refractivity contribution in [2.45, 2.75) is 4.90 Å². The van der Waals surface area contributed by atoms with Gasteiger partial charge >= 0.3 is 0 Å². The van der Waals surface area contributed by atoms with Crippen LogP contribution < -0.4 is 5.73 Å². The van der Waals surface area contributed by atoms with Crippen LogP contribution in [0, 0.1) is 0 Å². The molecule has 3 N–H and O–H groups in total. The molecule has 0 saturated carbocycles. The molecule has 0 aliphatic heterocycles. The van der Waals surface area contributed by atoms with Crippen molar-refractivity contribution in [3.05, 3.63) is 22.2 Å². The van der Waals surface area contributed by atoms with Gasteiger partial charge in [-0.25, -0.2) is 8.42 Å². The number of primary amides is 1. The second-order valence-corrected chi connectivity index (χ2v) is 6.02. The van der Waals surface area contributed by atoms with Crippen LogP contribution in [0.25, 0.3) is 0 Å². The second-order valence-electron chi connectivity index (χ2n) is 2.60. The van der Waals surface area contributed by atoms with Crippen molar-refractivity contribution in [2.75, 3.05) is 0 Å². The predicted molar refractivity (Wildman–Crippen MR) is 57.4 cm³/mol. The Hall–Kier alpha value is -0.790. The first-order valence-corrected chi connectivity index (χ1v) is 6.60. The molecule has 5 nitrogen and oxygen atoms in total. The van der Waals surface area contributed by atoms with Gasteiger partial charge in [-0.15, -0.1) is 0 Å². The van der Waals surface area contributed by atoms with Crippen LogP contribution in [0.4, 0.5) is 0 Å². The van der Waals surface area contributed by atoms with E-state index in [1.165, 1.54) is 0 Å². The van der Waals surface area contributed by atoms with E-state index in [1.807, 2.05) is 0 Å². The van der Waals surface area contributed by atoms with Gasteiger partial charge in [0.15, 0.2) is 0 Å². The third-order valence-corrected chi connectivity index (χ3v) is 3.52. The second kappa shape index (κ2) is 3.99. The Morgan fingerprint density at radius 1 is 1.47 bits per heavy atom. The van der Waals surface area contributed by atoms with Crippen molar-refractivity contribution in [3.63, 3.8) is 0 Å². The van der Waals surface area contributed by atoms with Gasteiger partial charge < -0.3 is 10.8 Å². The Morgan fingerprint density at radius 2 is 2.00 bits per heavy atom. The molecule has 1 aromatic carbocycles. The standard InChI is InChI=1S/C7H5BrClNO4S/c8-5-2-3(15(9,13)14)1-4(6(5)11)7(10)12/h1-2,11H,(H2,10,12). The maximum atomic E-state index is 11.0. The highest BCUT2D eigenvalue weighted by Crippen LogP contribution is 2.31. The van der Waals surface area contributed by atoms with E-state index < -0.39 is 20.7 Å². The lowest BCUT2D eigenvalue weighted by atomic mass is 10.2. The van der Waals surface area contributed by atoms with Crippen molar-refractivity contribution >= 4 is 41.6 Å². The fraction of sp³-hybridized carbons (Fsp3) is 0. The molecular weight excluding hydrogens is 310 g/mol. The summed E-state index contributed by atoms with van der Waals surface area (Å²) in [6, 6.07) is 1.98. The minimum absolute atomic E-state index is 0.0259. The molecule has 1 rings (SSSR count). The average Bonchev–Trinajstić information content (AvgIpc) is 2.06. The third kappa shape index (κ3) is 2.61. The number of carbonyl (C=O) groups is 1. The van der Waals surface area contributed by atoms with Gasteiger partial charge in [0, 0.05) is 10.7 Å². The first kappa shape index (κ1) is 12.3. The maximum Gasteiger partial charge on any atom is 0.261 e. The van der Waals surface area contributed by atoms with Crippen molar-refractivity contribution in [1.29, 1.82) is 0 Å². The summed E-state index contributed by atoms with van der Waals surface area (Å²) in [7, 11) is 1.10. The van der Waals surface area contributed by atoms with E-state index in [2.05, 4.69) is 15.9 Å². The van der Waals surface area contributed by atoms with Crippen molar-refractivity contribution in [1.82, 2.24) is 0 Å². The van der Waals surface area contributed by atoms with Gasteiger partial charge in [0.2, 0.25) is 0 Å². The third-order valence-electron chi connectivity index (χ3n) is 1.58. The van der Waals surface area contributed by atoms with Gasteiger partial charge in [0.25, 0.3) is 15.0 Å². The topological polar surface area (TPSA) is 97.5 Å². The number of hydrogen-bond donors (Lipinski definition) is 2. The molecule has 1 amide bonds. The molecule has 0 aliphatic rings. The van der Waals surface area contributed by atoms with E-state index in [-0.39, 0.29) is 14.9 Å². The number of benzene rings is 1. The highest BCUT2D eigenvalue weighted by molar-refractivity contribution is 9.10. The van der Waals surface area contributed by atoms with Crippen LogP contribution in [0.5, 0.6) is 5.75 Å². The van der Waals surface area contributed by atoms with Crippen LogP contribution in [-0.2, 0) is 9.05 Å².